The molecule has 5 heteroatoms. The fourth-order valence-electron chi connectivity index (χ4n) is 3.52. The van der Waals surface area contributed by atoms with Gasteiger partial charge in [-0.2, -0.15) is 10.5 Å². The van der Waals surface area contributed by atoms with Crippen LogP contribution in [0.1, 0.15) is 17.5 Å². The summed E-state index contributed by atoms with van der Waals surface area (Å²) in [7, 11) is 0. The van der Waals surface area contributed by atoms with Crippen molar-refractivity contribution in [2.75, 3.05) is 0 Å². The molecular weight excluding hydrogens is 384 g/mol. The Morgan fingerprint density at radius 2 is 1.74 bits per heavy atom. The molecule has 0 atom stereocenters. The second-order valence-electron chi connectivity index (χ2n) is 7.02. The van der Waals surface area contributed by atoms with Crippen molar-refractivity contribution in [1.82, 2.24) is 9.55 Å². The third kappa shape index (κ3) is 4.12. The number of aromatic nitrogens is 2. The number of aryl methyl sites for hydroxylation is 1. The molecule has 0 bridgehead atoms. The number of nitriles is 2. The van der Waals surface area contributed by atoms with Crippen molar-refractivity contribution < 1.29 is 0 Å². The lowest BCUT2D eigenvalue weighted by Crippen LogP contribution is -2.20. The van der Waals surface area contributed by atoms with Crippen molar-refractivity contribution in [3.05, 3.63) is 107 Å². The first-order valence-corrected chi connectivity index (χ1v) is 9.85. The Morgan fingerprint density at radius 1 is 0.903 bits per heavy atom. The highest BCUT2D eigenvalue weighted by molar-refractivity contribution is 5.74. The van der Waals surface area contributed by atoms with Gasteiger partial charge in [-0.1, -0.05) is 36.4 Å². The van der Waals surface area contributed by atoms with Crippen molar-refractivity contribution >= 4 is 0 Å². The summed E-state index contributed by atoms with van der Waals surface area (Å²) in [6.45, 7) is 0. The lowest BCUT2D eigenvalue weighted by Gasteiger charge is -2.14. The van der Waals surface area contributed by atoms with Gasteiger partial charge in [0, 0.05) is 41.2 Å². The highest BCUT2D eigenvalue weighted by Crippen LogP contribution is 2.26. The monoisotopic (exact) mass is 402 g/mol. The predicted molar refractivity (Wildman–Crippen MR) is 119 cm³/mol. The molecule has 5 nitrogen and oxygen atoms in total. The maximum absolute atomic E-state index is 13.5. The molecule has 0 unspecified atom stereocenters. The minimum atomic E-state index is -0.222. The van der Waals surface area contributed by atoms with Gasteiger partial charge in [-0.05, 0) is 48.4 Å². The Balaban J connectivity index is 1.97. The molecule has 0 radical (unpaired) electrons. The summed E-state index contributed by atoms with van der Waals surface area (Å²) in [5.74, 6) is 0. The van der Waals surface area contributed by atoms with E-state index in [0.717, 1.165) is 16.8 Å². The first-order valence-electron chi connectivity index (χ1n) is 9.85. The number of nitrogens with zero attached hydrogens (tertiary/aromatic N) is 4. The quantitative estimate of drug-likeness (QED) is 0.476. The lowest BCUT2D eigenvalue weighted by atomic mass is 9.99. The Hall–Kier alpha value is -4.48. The molecule has 2 aromatic heterocycles. The van der Waals surface area contributed by atoms with Crippen LogP contribution < -0.4 is 5.56 Å². The molecule has 0 spiro atoms. The van der Waals surface area contributed by atoms with Gasteiger partial charge in [0.1, 0.15) is 0 Å². The second kappa shape index (κ2) is 8.90. The molecule has 0 N–H and O–H groups in total. The van der Waals surface area contributed by atoms with Gasteiger partial charge in [-0.3, -0.25) is 14.3 Å². The highest BCUT2D eigenvalue weighted by Gasteiger charge is 2.15. The molecule has 0 aliphatic heterocycles. The summed E-state index contributed by atoms with van der Waals surface area (Å²) in [5, 5.41) is 18.5. The summed E-state index contributed by atoms with van der Waals surface area (Å²) in [4.78, 5) is 18.0. The molecular formula is C26H18N4O. The number of hydrogen-bond donors (Lipinski definition) is 0. The van der Waals surface area contributed by atoms with E-state index in [4.69, 9.17) is 5.26 Å². The van der Waals surface area contributed by atoms with Gasteiger partial charge in [-0.25, -0.2) is 0 Å². The molecule has 0 saturated carbocycles. The van der Waals surface area contributed by atoms with Crippen LogP contribution in [0.25, 0.3) is 28.1 Å². The molecule has 148 valence electrons. The fraction of sp³-hybridized carbons (Fsp3) is 0.0769. The van der Waals surface area contributed by atoms with E-state index >= 15 is 0 Å². The molecule has 31 heavy (non-hydrogen) atoms. The van der Waals surface area contributed by atoms with Crippen LogP contribution in [0.5, 0.6) is 0 Å². The minimum Gasteiger partial charge on any atom is -0.283 e. The van der Waals surface area contributed by atoms with Crippen LogP contribution in [-0.2, 0) is 6.42 Å². The molecule has 4 aromatic rings. The summed E-state index contributed by atoms with van der Waals surface area (Å²) < 4.78 is 1.59. The van der Waals surface area contributed by atoms with Crippen LogP contribution in [0.2, 0.25) is 0 Å². The molecule has 0 saturated heterocycles. The molecule has 0 fully saturated rings. The molecule has 2 heterocycles. The van der Waals surface area contributed by atoms with Gasteiger partial charge in [0.05, 0.1) is 23.4 Å². The average Bonchev–Trinajstić information content (AvgIpc) is 2.83. The number of rotatable bonds is 5. The van der Waals surface area contributed by atoms with Crippen molar-refractivity contribution in [3.8, 4) is 40.2 Å². The molecule has 4 rings (SSSR count). The molecule has 0 aliphatic rings. The van der Waals surface area contributed by atoms with Gasteiger partial charge >= 0.3 is 0 Å². The first-order chi connectivity index (χ1) is 15.2. The standard InChI is InChI=1S/C26H18N4O/c27-13-6-8-19-7-5-10-22(15-19)30-18-21(25-12-3-4-14-29-25)16-24(26(30)31)23-11-2-1-9-20(23)17-28/h1-5,7,9-12,14-16,18H,6,8H2. The normalized spacial score (nSPS) is 10.3. The van der Waals surface area contributed by atoms with E-state index in [1.165, 1.54) is 0 Å². The summed E-state index contributed by atoms with van der Waals surface area (Å²) >= 11 is 0. The van der Waals surface area contributed by atoms with Crippen LogP contribution in [0, 0.1) is 22.7 Å². The maximum Gasteiger partial charge on any atom is 0.263 e. The van der Waals surface area contributed by atoms with Crippen molar-refractivity contribution in [3.63, 3.8) is 0 Å². The maximum atomic E-state index is 13.5. The van der Waals surface area contributed by atoms with Gasteiger partial charge in [0.15, 0.2) is 0 Å². The molecule has 0 aliphatic carbocycles. The van der Waals surface area contributed by atoms with Gasteiger partial charge in [0.2, 0.25) is 0 Å². The van der Waals surface area contributed by atoms with E-state index < -0.39 is 0 Å². The van der Waals surface area contributed by atoms with Gasteiger partial charge < -0.3 is 0 Å². The summed E-state index contributed by atoms with van der Waals surface area (Å²) in [6, 6.07) is 26.4. The topological polar surface area (TPSA) is 82.5 Å². The van der Waals surface area contributed by atoms with E-state index in [1.807, 2.05) is 48.5 Å². The SMILES string of the molecule is N#CCCc1cccc(-n2cc(-c3ccccn3)cc(-c3ccccc3C#N)c2=O)c1. The second-order valence-corrected chi connectivity index (χ2v) is 7.02. The molecule has 2 aromatic carbocycles. The number of benzene rings is 2. The Bertz CT molecular complexity index is 1380. The van der Waals surface area contributed by atoms with Crippen molar-refractivity contribution in [2.24, 2.45) is 0 Å². The summed E-state index contributed by atoms with van der Waals surface area (Å²) in [6.07, 6.45) is 4.50. The third-order valence-electron chi connectivity index (χ3n) is 5.03. The van der Waals surface area contributed by atoms with Crippen molar-refractivity contribution in [1.29, 1.82) is 10.5 Å². The van der Waals surface area contributed by atoms with Crippen LogP contribution >= 0.6 is 0 Å². The molecule has 0 amide bonds. The van der Waals surface area contributed by atoms with E-state index in [2.05, 4.69) is 17.1 Å². The third-order valence-corrected chi connectivity index (χ3v) is 5.03. The zero-order valence-corrected chi connectivity index (χ0v) is 16.7. The largest absolute Gasteiger partial charge is 0.283 e. The zero-order valence-electron chi connectivity index (χ0n) is 16.7. The Labute approximate surface area is 180 Å². The Morgan fingerprint density at radius 3 is 2.52 bits per heavy atom. The van der Waals surface area contributed by atoms with E-state index in [1.54, 1.807) is 41.2 Å². The van der Waals surface area contributed by atoms with Crippen LogP contribution in [-0.4, -0.2) is 9.55 Å². The Kier molecular flexibility index (Phi) is 5.69. The van der Waals surface area contributed by atoms with Gasteiger partial charge in [0.25, 0.3) is 5.56 Å². The minimum absolute atomic E-state index is 0.222. The summed E-state index contributed by atoms with van der Waals surface area (Å²) in [5.41, 5.74) is 4.41. The zero-order chi connectivity index (χ0) is 21.6. The smallest absolute Gasteiger partial charge is 0.263 e. The average molecular weight is 402 g/mol. The van der Waals surface area contributed by atoms with Gasteiger partial charge in [-0.15, -0.1) is 0 Å². The highest BCUT2D eigenvalue weighted by atomic mass is 16.1. The van der Waals surface area contributed by atoms with E-state index in [0.29, 0.717) is 35.2 Å². The van der Waals surface area contributed by atoms with Crippen LogP contribution in [0.3, 0.4) is 0 Å². The van der Waals surface area contributed by atoms with E-state index in [-0.39, 0.29) is 5.56 Å². The lowest BCUT2D eigenvalue weighted by molar-refractivity contribution is 0.968. The van der Waals surface area contributed by atoms with Crippen molar-refractivity contribution in [2.45, 2.75) is 12.8 Å². The van der Waals surface area contributed by atoms with Crippen LogP contribution in [0.4, 0.5) is 0 Å². The fourth-order valence-corrected chi connectivity index (χ4v) is 3.52. The predicted octanol–water partition coefficient (Wildman–Crippen LogP) is 4.89. The number of pyridine rings is 2. The van der Waals surface area contributed by atoms with Crippen LogP contribution in [0.15, 0.2) is 90.0 Å². The first kappa shape index (κ1) is 19.8. The number of hydrogen-bond acceptors (Lipinski definition) is 4. The van der Waals surface area contributed by atoms with E-state index in [9.17, 15) is 10.1 Å².